The van der Waals surface area contributed by atoms with E-state index in [1.54, 1.807) is 19.0 Å². The summed E-state index contributed by atoms with van der Waals surface area (Å²) in [6, 6.07) is 0. The van der Waals surface area contributed by atoms with Crippen molar-refractivity contribution in [2.45, 2.75) is 26.7 Å². The molecule has 2 amide bonds. The van der Waals surface area contributed by atoms with Crippen LogP contribution in [0.5, 0.6) is 0 Å². The number of nitrogens with zero attached hydrogens (tertiary/aromatic N) is 2. The fraction of sp³-hybridized carbons (Fsp3) is 0.833. The quantitative estimate of drug-likeness (QED) is 0.699. The van der Waals surface area contributed by atoms with Gasteiger partial charge in [-0.2, -0.15) is 0 Å². The fourth-order valence-electron chi connectivity index (χ4n) is 1.45. The van der Waals surface area contributed by atoms with Crippen molar-refractivity contribution >= 4 is 11.8 Å². The molecule has 0 saturated carbocycles. The third kappa shape index (κ3) is 5.68. The number of hydrogen-bond donors (Lipinski definition) is 1. The zero-order valence-corrected chi connectivity index (χ0v) is 11.4. The monoisotopic (exact) mass is 243 g/mol. The molecule has 5 nitrogen and oxygen atoms in total. The van der Waals surface area contributed by atoms with E-state index < -0.39 is 0 Å². The maximum atomic E-state index is 12.0. The Morgan fingerprint density at radius 1 is 1.18 bits per heavy atom. The van der Waals surface area contributed by atoms with Crippen LogP contribution in [-0.2, 0) is 9.59 Å². The molecule has 0 bridgehead atoms. The standard InChI is InChI=1S/C12H25N3O2/c1-5-10(8-13)7-11(16)15(6-2)9-12(17)14(3)4/h10H,5-9,13H2,1-4H3. The summed E-state index contributed by atoms with van der Waals surface area (Å²) >= 11 is 0. The van der Waals surface area contributed by atoms with E-state index in [1.165, 1.54) is 4.90 Å². The van der Waals surface area contributed by atoms with E-state index >= 15 is 0 Å². The molecule has 0 heterocycles. The van der Waals surface area contributed by atoms with E-state index in [1.807, 2.05) is 13.8 Å². The first-order valence-electron chi connectivity index (χ1n) is 6.14. The molecule has 0 aliphatic carbocycles. The first-order chi connectivity index (χ1) is 7.96. The molecule has 0 fully saturated rings. The van der Waals surface area contributed by atoms with Gasteiger partial charge in [-0.05, 0) is 19.4 Å². The summed E-state index contributed by atoms with van der Waals surface area (Å²) in [5, 5.41) is 0. The van der Waals surface area contributed by atoms with Gasteiger partial charge < -0.3 is 15.5 Å². The van der Waals surface area contributed by atoms with Gasteiger partial charge in [-0.15, -0.1) is 0 Å². The van der Waals surface area contributed by atoms with Crippen LogP contribution >= 0.6 is 0 Å². The van der Waals surface area contributed by atoms with Gasteiger partial charge >= 0.3 is 0 Å². The van der Waals surface area contributed by atoms with Gasteiger partial charge in [0.15, 0.2) is 0 Å². The minimum absolute atomic E-state index is 0.0139. The zero-order chi connectivity index (χ0) is 13.4. The van der Waals surface area contributed by atoms with Crippen LogP contribution in [0.2, 0.25) is 0 Å². The second-order valence-electron chi connectivity index (χ2n) is 4.41. The van der Waals surface area contributed by atoms with Crippen molar-refractivity contribution in [2.75, 3.05) is 33.7 Å². The van der Waals surface area contributed by atoms with Gasteiger partial charge in [-0.25, -0.2) is 0 Å². The average molecular weight is 243 g/mol. The van der Waals surface area contributed by atoms with Crippen molar-refractivity contribution < 1.29 is 9.59 Å². The van der Waals surface area contributed by atoms with E-state index in [0.717, 1.165) is 6.42 Å². The van der Waals surface area contributed by atoms with Crippen molar-refractivity contribution in [3.63, 3.8) is 0 Å². The largest absolute Gasteiger partial charge is 0.347 e. The number of carbonyl (C=O) groups is 2. The highest BCUT2D eigenvalue weighted by atomic mass is 16.2. The van der Waals surface area contributed by atoms with Crippen LogP contribution in [-0.4, -0.2) is 55.3 Å². The number of nitrogens with two attached hydrogens (primary N) is 1. The maximum Gasteiger partial charge on any atom is 0.241 e. The van der Waals surface area contributed by atoms with Gasteiger partial charge in [0, 0.05) is 27.1 Å². The molecule has 5 heteroatoms. The normalized spacial score (nSPS) is 12.1. The molecule has 0 rings (SSSR count). The fourth-order valence-corrected chi connectivity index (χ4v) is 1.45. The van der Waals surface area contributed by atoms with Crippen LogP contribution in [0.4, 0.5) is 0 Å². The zero-order valence-electron chi connectivity index (χ0n) is 11.4. The Morgan fingerprint density at radius 2 is 1.76 bits per heavy atom. The lowest BCUT2D eigenvalue weighted by Gasteiger charge is -2.24. The Hall–Kier alpha value is -1.10. The molecular formula is C12H25N3O2. The van der Waals surface area contributed by atoms with Crippen molar-refractivity contribution in [3.8, 4) is 0 Å². The van der Waals surface area contributed by atoms with Crippen LogP contribution in [0.3, 0.4) is 0 Å². The molecule has 0 aliphatic rings. The maximum absolute atomic E-state index is 12.0. The van der Waals surface area contributed by atoms with Crippen molar-refractivity contribution in [1.29, 1.82) is 0 Å². The van der Waals surface area contributed by atoms with E-state index in [9.17, 15) is 9.59 Å². The van der Waals surface area contributed by atoms with Gasteiger partial charge in [-0.3, -0.25) is 9.59 Å². The van der Waals surface area contributed by atoms with E-state index in [2.05, 4.69) is 0 Å². The van der Waals surface area contributed by atoms with E-state index in [-0.39, 0.29) is 24.3 Å². The molecule has 1 unspecified atom stereocenters. The van der Waals surface area contributed by atoms with Gasteiger partial charge in [0.05, 0.1) is 6.54 Å². The Morgan fingerprint density at radius 3 is 2.12 bits per heavy atom. The molecule has 2 N–H and O–H groups in total. The smallest absolute Gasteiger partial charge is 0.241 e. The molecule has 0 aromatic carbocycles. The average Bonchev–Trinajstić information content (AvgIpc) is 2.31. The summed E-state index contributed by atoms with van der Waals surface area (Å²) in [4.78, 5) is 26.6. The van der Waals surface area contributed by atoms with Crippen LogP contribution in [0.1, 0.15) is 26.7 Å². The molecule has 0 saturated heterocycles. The Bertz CT molecular complexity index is 250. The first-order valence-corrected chi connectivity index (χ1v) is 6.14. The molecule has 0 aromatic heterocycles. The van der Waals surface area contributed by atoms with Crippen LogP contribution in [0.15, 0.2) is 0 Å². The molecule has 100 valence electrons. The Balaban J connectivity index is 4.35. The number of likely N-dealkylation sites (N-methyl/N-ethyl adjacent to an activating group) is 2. The van der Waals surface area contributed by atoms with Crippen molar-refractivity contribution in [1.82, 2.24) is 9.80 Å². The lowest BCUT2D eigenvalue weighted by atomic mass is 10.0. The summed E-state index contributed by atoms with van der Waals surface area (Å²) in [6.07, 6.45) is 1.32. The van der Waals surface area contributed by atoms with Crippen LogP contribution in [0.25, 0.3) is 0 Å². The molecule has 0 aromatic rings. The van der Waals surface area contributed by atoms with Gasteiger partial charge in [0.1, 0.15) is 0 Å². The highest BCUT2D eigenvalue weighted by Gasteiger charge is 2.19. The molecule has 0 spiro atoms. The minimum Gasteiger partial charge on any atom is -0.347 e. The molecule has 17 heavy (non-hydrogen) atoms. The Kier molecular flexibility index (Phi) is 7.54. The van der Waals surface area contributed by atoms with Crippen molar-refractivity contribution in [2.24, 2.45) is 11.7 Å². The second kappa shape index (κ2) is 8.06. The summed E-state index contributed by atoms with van der Waals surface area (Å²) < 4.78 is 0. The Labute approximate surface area is 104 Å². The minimum atomic E-state index is -0.0546. The first kappa shape index (κ1) is 15.9. The van der Waals surface area contributed by atoms with Crippen LogP contribution < -0.4 is 5.73 Å². The SMILES string of the molecule is CCC(CN)CC(=O)N(CC)CC(=O)N(C)C. The number of carbonyl (C=O) groups excluding carboxylic acids is 2. The summed E-state index contributed by atoms with van der Waals surface area (Å²) in [6.45, 7) is 5.13. The summed E-state index contributed by atoms with van der Waals surface area (Å²) in [7, 11) is 3.38. The van der Waals surface area contributed by atoms with Gasteiger partial charge in [-0.1, -0.05) is 13.3 Å². The second-order valence-corrected chi connectivity index (χ2v) is 4.41. The molecular weight excluding hydrogens is 218 g/mol. The van der Waals surface area contributed by atoms with Crippen molar-refractivity contribution in [3.05, 3.63) is 0 Å². The van der Waals surface area contributed by atoms with Gasteiger partial charge in [0.2, 0.25) is 11.8 Å². The van der Waals surface area contributed by atoms with Crippen LogP contribution in [0, 0.1) is 5.92 Å². The van der Waals surface area contributed by atoms with E-state index in [0.29, 0.717) is 19.5 Å². The highest BCUT2D eigenvalue weighted by Crippen LogP contribution is 2.08. The molecule has 0 aliphatic heterocycles. The van der Waals surface area contributed by atoms with E-state index in [4.69, 9.17) is 5.73 Å². The number of hydrogen-bond acceptors (Lipinski definition) is 3. The topological polar surface area (TPSA) is 66.6 Å². The molecule has 1 atom stereocenters. The third-order valence-electron chi connectivity index (χ3n) is 2.93. The summed E-state index contributed by atoms with van der Waals surface area (Å²) in [5.41, 5.74) is 5.58. The van der Waals surface area contributed by atoms with Gasteiger partial charge in [0.25, 0.3) is 0 Å². The summed E-state index contributed by atoms with van der Waals surface area (Å²) in [5.74, 6) is 0.173. The third-order valence-corrected chi connectivity index (χ3v) is 2.93. The highest BCUT2D eigenvalue weighted by molar-refractivity contribution is 5.84. The number of amides is 2. The predicted octanol–water partition coefficient (Wildman–Crippen LogP) is 0.298. The predicted molar refractivity (Wildman–Crippen MR) is 68.4 cm³/mol. The number of rotatable bonds is 7. The lowest BCUT2D eigenvalue weighted by molar-refractivity contribution is -0.139. The lowest BCUT2D eigenvalue weighted by Crippen LogP contribution is -2.41. The molecule has 0 radical (unpaired) electrons.